The highest BCUT2D eigenvalue weighted by Gasteiger charge is 2.26. The van der Waals surface area contributed by atoms with Gasteiger partial charge in [0.1, 0.15) is 5.75 Å². The molecule has 0 radical (unpaired) electrons. The van der Waals surface area contributed by atoms with E-state index in [2.05, 4.69) is 53.5 Å². The maximum Gasteiger partial charge on any atom is 0.316 e. The number of anilines is 2. The first kappa shape index (κ1) is 17.3. The Labute approximate surface area is 160 Å². The first-order chi connectivity index (χ1) is 12.9. The summed E-state index contributed by atoms with van der Waals surface area (Å²) < 4.78 is 5.50. The lowest BCUT2D eigenvalue weighted by Gasteiger charge is -2.34. The average Bonchev–Trinajstić information content (AvgIpc) is 2.66. The number of nitrogens with zero attached hydrogens (tertiary/aromatic N) is 1. The third-order valence-electron chi connectivity index (χ3n) is 4.72. The van der Waals surface area contributed by atoms with Crippen molar-refractivity contribution in [3.63, 3.8) is 0 Å². The molecule has 3 nitrogen and oxygen atoms in total. The van der Waals surface area contributed by atoms with Crippen molar-refractivity contribution in [1.82, 2.24) is 0 Å². The summed E-state index contributed by atoms with van der Waals surface area (Å²) in [5.41, 5.74) is 5.38. The number of carbonyl (C=O) groups is 1. The number of carbonyl (C=O) groups excluding carboxylic acids is 1. The van der Waals surface area contributed by atoms with E-state index >= 15 is 0 Å². The maximum atomic E-state index is 12.1. The van der Waals surface area contributed by atoms with Crippen LogP contribution in [0.4, 0.5) is 11.4 Å². The summed E-state index contributed by atoms with van der Waals surface area (Å²) in [7, 11) is 0. The molecule has 0 unspecified atom stereocenters. The van der Waals surface area contributed by atoms with Crippen LogP contribution < -0.4 is 9.64 Å². The van der Waals surface area contributed by atoms with Crippen molar-refractivity contribution in [1.29, 1.82) is 0 Å². The molecular formula is C24H23NO2. The lowest BCUT2D eigenvalue weighted by Crippen LogP contribution is -2.25. The van der Waals surface area contributed by atoms with Crippen molar-refractivity contribution in [2.45, 2.75) is 27.2 Å². The van der Waals surface area contributed by atoms with Crippen LogP contribution >= 0.6 is 0 Å². The van der Waals surface area contributed by atoms with Gasteiger partial charge in [-0.2, -0.15) is 0 Å². The lowest BCUT2D eigenvalue weighted by molar-refractivity contribution is -0.142. The summed E-state index contributed by atoms with van der Waals surface area (Å²) in [5, 5.41) is 0. The Morgan fingerprint density at radius 2 is 1.78 bits per heavy atom. The number of para-hydroxylation sites is 1. The van der Waals surface area contributed by atoms with Crippen LogP contribution in [0.3, 0.4) is 0 Å². The molecule has 2 aromatic rings. The van der Waals surface area contributed by atoms with E-state index in [0.717, 1.165) is 17.8 Å². The third-order valence-corrected chi connectivity index (χ3v) is 4.72. The predicted molar refractivity (Wildman–Crippen MR) is 110 cm³/mol. The minimum Gasteiger partial charge on any atom is -0.426 e. The molecule has 0 spiro atoms. The Bertz CT molecular complexity index is 972. The van der Waals surface area contributed by atoms with E-state index in [1.165, 1.54) is 16.8 Å². The summed E-state index contributed by atoms with van der Waals surface area (Å²) in [6, 6.07) is 16.1. The molecule has 0 aromatic heterocycles. The molecule has 0 fully saturated rings. The van der Waals surface area contributed by atoms with Gasteiger partial charge in [0.05, 0.1) is 11.1 Å². The number of hydrogen-bond acceptors (Lipinski definition) is 3. The van der Waals surface area contributed by atoms with Gasteiger partial charge in [0.15, 0.2) is 0 Å². The lowest BCUT2D eigenvalue weighted by atomic mass is 9.93. The Morgan fingerprint density at radius 3 is 2.52 bits per heavy atom. The molecule has 1 aliphatic heterocycles. The van der Waals surface area contributed by atoms with Gasteiger partial charge in [-0.05, 0) is 80.8 Å². The fraction of sp³-hybridized carbons (Fsp3) is 0.208. The van der Waals surface area contributed by atoms with Crippen LogP contribution in [0.25, 0.3) is 6.08 Å². The molecule has 1 aliphatic carbocycles. The summed E-state index contributed by atoms with van der Waals surface area (Å²) >= 11 is 0. The fourth-order valence-corrected chi connectivity index (χ4v) is 3.25. The standard InChI is InChI=1S/C24H23NO2/c1-24(2,3)23(26)27-20-14-12-19(13-15-20)25-21-10-6-4-8-17(21)16-18-9-5-7-11-22(18)25/h4-8,10-16H,9H2,1-3H3. The molecule has 136 valence electrons. The SMILES string of the molecule is CC(C)(C)C(=O)Oc1ccc(N2C3=CC=CCC3=Cc3ccccc32)cc1. The van der Waals surface area contributed by atoms with Crippen molar-refractivity contribution >= 4 is 23.4 Å². The van der Waals surface area contributed by atoms with Gasteiger partial charge < -0.3 is 9.64 Å². The van der Waals surface area contributed by atoms with Gasteiger partial charge in [-0.3, -0.25) is 4.79 Å². The second-order valence-corrected chi connectivity index (χ2v) is 7.88. The van der Waals surface area contributed by atoms with Gasteiger partial charge in [-0.15, -0.1) is 0 Å². The Kier molecular flexibility index (Phi) is 4.23. The second-order valence-electron chi connectivity index (χ2n) is 7.88. The summed E-state index contributed by atoms with van der Waals surface area (Å²) in [6.45, 7) is 5.56. The molecule has 1 heterocycles. The molecule has 27 heavy (non-hydrogen) atoms. The zero-order valence-corrected chi connectivity index (χ0v) is 15.9. The number of fused-ring (bicyclic) bond motifs is 2. The van der Waals surface area contributed by atoms with E-state index in [0.29, 0.717) is 5.75 Å². The molecule has 3 heteroatoms. The van der Waals surface area contributed by atoms with Gasteiger partial charge in [0.25, 0.3) is 0 Å². The maximum absolute atomic E-state index is 12.1. The minimum absolute atomic E-state index is 0.232. The van der Waals surface area contributed by atoms with E-state index in [9.17, 15) is 4.79 Å². The zero-order chi connectivity index (χ0) is 19.0. The quantitative estimate of drug-likeness (QED) is 0.486. The molecule has 0 N–H and O–H groups in total. The average molecular weight is 357 g/mol. The third kappa shape index (κ3) is 3.33. The van der Waals surface area contributed by atoms with Crippen LogP contribution in [0.15, 0.2) is 78.0 Å². The first-order valence-corrected chi connectivity index (χ1v) is 9.23. The molecule has 0 saturated heterocycles. The van der Waals surface area contributed by atoms with Gasteiger partial charge in [-0.1, -0.05) is 30.4 Å². The van der Waals surface area contributed by atoms with Crippen molar-refractivity contribution < 1.29 is 9.53 Å². The Morgan fingerprint density at radius 1 is 1.04 bits per heavy atom. The van der Waals surface area contributed by atoms with Gasteiger partial charge in [0.2, 0.25) is 0 Å². The summed E-state index contributed by atoms with van der Waals surface area (Å²) in [4.78, 5) is 14.4. The van der Waals surface area contributed by atoms with Crippen LogP contribution in [-0.4, -0.2) is 5.97 Å². The van der Waals surface area contributed by atoms with Crippen molar-refractivity contribution in [2.24, 2.45) is 5.41 Å². The first-order valence-electron chi connectivity index (χ1n) is 9.23. The van der Waals surface area contributed by atoms with Crippen LogP contribution in [0, 0.1) is 5.41 Å². The smallest absolute Gasteiger partial charge is 0.316 e. The van der Waals surface area contributed by atoms with Crippen molar-refractivity contribution in [3.8, 4) is 5.75 Å². The molecular weight excluding hydrogens is 334 g/mol. The second kappa shape index (κ2) is 6.58. The number of benzene rings is 2. The van der Waals surface area contributed by atoms with E-state index in [1.54, 1.807) is 0 Å². The molecule has 0 atom stereocenters. The van der Waals surface area contributed by atoms with Gasteiger partial charge in [0, 0.05) is 11.4 Å². The van der Waals surface area contributed by atoms with E-state index in [-0.39, 0.29) is 5.97 Å². The Balaban J connectivity index is 1.70. The molecule has 2 aromatic carbocycles. The van der Waals surface area contributed by atoms with E-state index in [1.807, 2.05) is 45.0 Å². The van der Waals surface area contributed by atoms with Crippen molar-refractivity contribution in [3.05, 3.63) is 83.6 Å². The van der Waals surface area contributed by atoms with Crippen LogP contribution in [0.1, 0.15) is 32.8 Å². The summed E-state index contributed by atoms with van der Waals surface area (Å²) in [6.07, 6.45) is 9.63. The largest absolute Gasteiger partial charge is 0.426 e. The highest BCUT2D eigenvalue weighted by Crippen LogP contribution is 2.42. The number of rotatable bonds is 2. The number of esters is 1. The monoisotopic (exact) mass is 357 g/mol. The topological polar surface area (TPSA) is 29.5 Å². The number of hydrogen-bond donors (Lipinski definition) is 0. The zero-order valence-electron chi connectivity index (χ0n) is 15.9. The molecule has 2 aliphatic rings. The molecule has 0 saturated carbocycles. The molecule has 4 rings (SSSR count). The van der Waals surface area contributed by atoms with Crippen molar-refractivity contribution in [2.75, 3.05) is 4.90 Å². The van der Waals surface area contributed by atoms with Crippen LogP contribution in [0.5, 0.6) is 5.75 Å². The number of ether oxygens (including phenoxy) is 1. The normalized spacial score (nSPS) is 15.4. The van der Waals surface area contributed by atoms with Crippen LogP contribution in [0.2, 0.25) is 0 Å². The van der Waals surface area contributed by atoms with Crippen LogP contribution in [-0.2, 0) is 4.79 Å². The molecule has 0 amide bonds. The fourth-order valence-electron chi connectivity index (χ4n) is 3.25. The minimum atomic E-state index is -0.524. The highest BCUT2D eigenvalue weighted by atomic mass is 16.5. The molecule has 0 bridgehead atoms. The van der Waals surface area contributed by atoms with Gasteiger partial charge >= 0.3 is 5.97 Å². The van der Waals surface area contributed by atoms with Gasteiger partial charge in [-0.25, -0.2) is 0 Å². The van der Waals surface area contributed by atoms with E-state index in [4.69, 9.17) is 4.74 Å². The highest BCUT2D eigenvalue weighted by molar-refractivity contribution is 5.86. The van der Waals surface area contributed by atoms with E-state index < -0.39 is 5.41 Å². The number of allylic oxidation sites excluding steroid dienone is 4. The predicted octanol–water partition coefficient (Wildman–Crippen LogP) is 6.02. The Hall–Kier alpha value is -3.07. The summed E-state index contributed by atoms with van der Waals surface area (Å²) in [5.74, 6) is 0.334.